The first-order valence-corrected chi connectivity index (χ1v) is 7.61. The largest absolute Gasteiger partial charge is 0.391 e. The number of benzene rings is 1. The average Bonchev–Trinajstić information content (AvgIpc) is 2.91. The van der Waals surface area contributed by atoms with Gasteiger partial charge in [-0.3, -0.25) is 4.72 Å². The van der Waals surface area contributed by atoms with Gasteiger partial charge in [-0.05, 0) is 12.1 Å². The summed E-state index contributed by atoms with van der Waals surface area (Å²) in [7, 11) is -4.44. The van der Waals surface area contributed by atoms with Crippen LogP contribution >= 0.6 is 11.3 Å². The molecule has 2 rings (SSSR count). The van der Waals surface area contributed by atoms with Crippen LogP contribution in [0, 0.1) is 23.3 Å². The van der Waals surface area contributed by atoms with Crippen LogP contribution < -0.4 is 4.72 Å². The highest BCUT2D eigenvalue weighted by atomic mass is 32.2. The summed E-state index contributed by atoms with van der Waals surface area (Å²) < 4.78 is 77.7. The number of aliphatic hydroxyl groups is 1. The topological polar surface area (TPSA) is 66.4 Å². The highest BCUT2D eigenvalue weighted by Gasteiger charge is 2.25. The smallest absolute Gasteiger partial charge is 0.271 e. The quantitative estimate of drug-likeness (QED) is 0.664. The molecule has 0 aliphatic rings. The van der Waals surface area contributed by atoms with Gasteiger partial charge in [0.25, 0.3) is 10.0 Å². The molecule has 0 saturated heterocycles. The molecule has 0 fully saturated rings. The molecule has 0 atom stereocenters. The third kappa shape index (κ3) is 3.01. The fourth-order valence-electron chi connectivity index (χ4n) is 1.44. The SMILES string of the molecule is O=S(=O)(Nc1c(F)c(F)cc(F)c1F)c1ccc(CO)s1. The Hall–Kier alpha value is -1.65. The Morgan fingerprint density at radius 1 is 1.10 bits per heavy atom. The number of nitrogens with one attached hydrogen (secondary N) is 1. The number of anilines is 1. The van der Waals surface area contributed by atoms with Gasteiger partial charge in [0.2, 0.25) is 0 Å². The monoisotopic (exact) mass is 341 g/mol. The molecule has 0 bridgehead atoms. The zero-order valence-electron chi connectivity index (χ0n) is 10.0. The van der Waals surface area contributed by atoms with Gasteiger partial charge in [0, 0.05) is 10.9 Å². The number of hydrogen-bond donors (Lipinski definition) is 2. The van der Waals surface area contributed by atoms with Crippen molar-refractivity contribution in [3.05, 3.63) is 46.3 Å². The second-order valence-corrected chi connectivity index (χ2v) is 6.91. The minimum Gasteiger partial charge on any atom is -0.391 e. The molecular formula is C11H7F4NO3S2. The molecule has 4 nitrogen and oxygen atoms in total. The standard InChI is InChI=1S/C11H7F4NO3S2/c12-6-3-7(13)10(15)11(9(6)14)16-21(18,19)8-2-1-5(4-17)20-8/h1-3,16-17H,4H2. The van der Waals surface area contributed by atoms with E-state index in [9.17, 15) is 26.0 Å². The number of rotatable bonds is 4. The van der Waals surface area contributed by atoms with Crippen LogP contribution in [0.2, 0.25) is 0 Å². The molecule has 0 radical (unpaired) electrons. The summed E-state index contributed by atoms with van der Waals surface area (Å²) in [5, 5.41) is 8.84. The zero-order valence-corrected chi connectivity index (χ0v) is 11.7. The summed E-state index contributed by atoms with van der Waals surface area (Å²) in [6, 6.07) is 2.35. The number of hydrogen-bond acceptors (Lipinski definition) is 4. The summed E-state index contributed by atoms with van der Waals surface area (Å²) in [4.78, 5) is 0.293. The van der Waals surface area contributed by atoms with Gasteiger partial charge in [-0.1, -0.05) is 0 Å². The minimum absolute atomic E-state index is 0.0303. The van der Waals surface area contributed by atoms with Crippen molar-refractivity contribution in [1.29, 1.82) is 0 Å². The number of sulfonamides is 1. The van der Waals surface area contributed by atoms with Gasteiger partial charge in [-0.2, -0.15) is 0 Å². The van der Waals surface area contributed by atoms with Gasteiger partial charge >= 0.3 is 0 Å². The molecule has 2 aromatic rings. The highest BCUT2D eigenvalue weighted by molar-refractivity contribution is 7.94. The lowest BCUT2D eigenvalue weighted by Crippen LogP contribution is -2.15. The van der Waals surface area contributed by atoms with Gasteiger partial charge in [-0.15, -0.1) is 11.3 Å². The molecule has 1 aromatic carbocycles. The van der Waals surface area contributed by atoms with Gasteiger partial charge < -0.3 is 5.11 Å². The van der Waals surface area contributed by atoms with Crippen molar-refractivity contribution in [1.82, 2.24) is 0 Å². The van der Waals surface area contributed by atoms with Crippen LogP contribution in [-0.2, 0) is 16.6 Å². The Labute approximate surface area is 120 Å². The van der Waals surface area contributed by atoms with Crippen molar-refractivity contribution in [3.8, 4) is 0 Å². The Balaban J connectivity index is 2.46. The van der Waals surface area contributed by atoms with Crippen LogP contribution in [-0.4, -0.2) is 13.5 Å². The van der Waals surface area contributed by atoms with E-state index in [-0.39, 0.29) is 10.3 Å². The maximum atomic E-state index is 13.4. The second-order valence-electron chi connectivity index (χ2n) is 3.83. The molecule has 2 N–H and O–H groups in total. The highest BCUT2D eigenvalue weighted by Crippen LogP contribution is 2.29. The summed E-state index contributed by atoms with van der Waals surface area (Å²) in [5.74, 6) is -7.16. The van der Waals surface area contributed by atoms with Crippen LogP contribution in [0.1, 0.15) is 4.88 Å². The molecule has 0 spiro atoms. The Morgan fingerprint density at radius 3 is 2.14 bits per heavy atom. The van der Waals surface area contributed by atoms with E-state index in [1.807, 2.05) is 0 Å². The van der Waals surface area contributed by atoms with E-state index in [1.165, 1.54) is 10.8 Å². The number of halogens is 4. The minimum atomic E-state index is -4.44. The maximum absolute atomic E-state index is 13.4. The molecular weight excluding hydrogens is 334 g/mol. The van der Waals surface area contributed by atoms with Crippen molar-refractivity contribution in [2.45, 2.75) is 10.8 Å². The molecule has 114 valence electrons. The normalized spacial score (nSPS) is 11.7. The molecule has 0 unspecified atom stereocenters. The first-order chi connectivity index (χ1) is 9.76. The average molecular weight is 341 g/mol. The van der Waals surface area contributed by atoms with E-state index in [0.29, 0.717) is 16.2 Å². The van der Waals surface area contributed by atoms with Crippen molar-refractivity contribution in [2.24, 2.45) is 0 Å². The third-order valence-electron chi connectivity index (χ3n) is 2.41. The van der Waals surface area contributed by atoms with Crippen LogP contribution in [0.3, 0.4) is 0 Å². The van der Waals surface area contributed by atoms with Gasteiger partial charge in [-0.25, -0.2) is 26.0 Å². The third-order valence-corrected chi connectivity index (χ3v) is 5.32. The molecule has 0 aliphatic heterocycles. The van der Waals surface area contributed by atoms with E-state index in [2.05, 4.69) is 0 Å². The molecule has 0 amide bonds. The van der Waals surface area contributed by atoms with E-state index in [0.717, 1.165) is 6.07 Å². The molecule has 0 aliphatic carbocycles. The fraction of sp³-hybridized carbons (Fsp3) is 0.0909. The lowest BCUT2D eigenvalue weighted by Gasteiger charge is -2.09. The van der Waals surface area contributed by atoms with Gasteiger partial charge in [0.05, 0.1) is 6.61 Å². The zero-order chi connectivity index (χ0) is 15.8. The lowest BCUT2D eigenvalue weighted by molar-refractivity contribution is 0.285. The van der Waals surface area contributed by atoms with Crippen LogP contribution in [0.4, 0.5) is 23.2 Å². The lowest BCUT2D eigenvalue weighted by atomic mass is 10.3. The second kappa shape index (κ2) is 5.62. The predicted octanol–water partition coefficient (Wildman–Crippen LogP) is 2.60. The first-order valence-electron chi connectivity index (χ1n) is 5.31. The van der Waals surface area contributed by atoms with Crippen molar-refractivity contribution in [3.63, 3.8) is 0 Å². The Morgan fingerprint density at radius 2 is 1.67 bits per heavy atom. The predicted molar refractivity (Wildman–Crippen MR) is 67.3 cm³/mol. The van der Waals surface area contributed by atoms with Crippen molar-refractivity contribution in [2.75, 3.05) is 4.72 Å². The van der Waals surface area contributed by atoms with E-state index < -0.39 is 45.6 Å². The van der Waals surface area contributed by atoms with Gasteiger partial charge in [0.15, 0.2) is 23.3 Å². The van der Waals surface area contributed by atoms with Crippen LogP contribution in [0.25, 0.3) is 0 Å². The van der Waals surface area contributed by atoms with Crippen LogP contribution in [0.15, 0.2) is 22.4 Å². The Bertz CT molecular complexity index is 763. The maximum Gasteiger partial charge on any atom is 0.271 e. The van der Waals surface area contributed by atoms with Crippen molar-refractivity contribution >= 4 is 27.0 Å². The molecule has 0 saturated carbocycles. The summed E-state index contributed by atoms with van der Waals surface area (Å²) >= 11 is 0.646. The molecule has 21 heavy (non-hydrogen) atoms. The van der Waals surface area contributed by atoms with E-state index in [1.54, 1.807) is 0 Å². The Kier molecular flexibility index (Phi) is 4.21. The summed E-state index contributed by atoms with van der Waals surface area (Å²) in [5.41, 5.74) is -1.44. The molecule has 1 aromatic heterocycles. The number of aliphatic hydroxyl groups excluding tert-OH is 1. The number of thiophene rings is 1. The van der Waals surface area contributed by atoms with Crippen molar-refractivity contribution < 1.29 is 31.1 Å². The van der Waals surface area contributed by atoms with Gasteiger partial charge in [0.1, 0.15) is 9.90 Å². The van der Waals surface area contributed by atoms with Crippen LogP contribution in [0.5, 0.6) is 0 Å². The summed E-state index contributed by atoms with van der Waals surface area (Å²) in [6.45, 7) is -0.419. The molecule has 1 heterocycles. The van der Waals surface area contributed by atoms with E-state index in [4.69, 9.17) is 5.11 Å². The fourth-order valence-corrected chi connectivity index (χ4v) is 3.71. The summed E-state index contributed by atoms with van der Waals surface area (Å²) in [6.07, 6.45) is 0. The first kappa shape index (κ1) is 15.7. The molecule has 10 heteroatoms. The van der Waals surface area contributed by atoms with E-state index >= 15 is 0 Å².